The van der Waals surface area contributed by atoms with Crippen molar-refractivity contribution >= 4 is 35.0 Å². The van der Waals surface area contributed by atoms with E-state index >= 15 is 0 Å². The monoisotopic (exact) mass is 458 g/mol. The van der Waals surface area contributed by atoms with Crippen LogP contribution in [0.3, 0.4) is 0 Å². The van der Waals surface area contributed by atoms with Crippen LogP contribution in [0.2, 0.25) is 0 Å². The Hall–Kier alpha value is -3.51. The molecule has 0 unspecified atom stereocenters. The molecule has 2 amide bonds. The number of rotatable bonds is 7. The Labute approximate surface area is 198 Å². The Bertz CT molecular complexity index is 1210. The number of hydrogen-bond acceptors (Lipinski definition) is 5. The second kappa shape index (κ2) is 9.55. The van der Waals surface area contributed by atoms with Crippen molar-refractivity contribution in [3.05, 3.63) is 94.5 Å². The molecule has 0 aliphatic carbocycles. The normalized spacial score (nSPS) is 13.8. The minimum absolute atomic E-state index is 0.258. The van der Waals surface area contributed by atoms with Crippen LogP contribution < -0.4 is 15.0 Å². The van der Waals surface area contributed by atoms with Crippen LogP contribution in [0, 0.1) is 6.92 Å². The predicted octanol–water partition coefficient (Wildman–Crippen LogP) is 6.12. The summed E-state index contributed by atoms with van der Waals surface area (Å²) in [6, 6.07) is 22.8. The SMILES string of the molecule is COc1ccccc1N1C(=O)C(Nc2ccc(C(C)C)cc2)=C(Sc2ccc(C)cc2)C1=O. The number of para-hydroxylation sites is 2. The first-order chi connectivity index (χ1) is 15.9. The number of thioether (sulfide) groups is 1. The molecule has 33 heavy (non-hydrogen) atoms. The molecule has 0 saturated carbocycles. The van der Waals surface area contributed by atoms with Crippen molar-refractivity contribution in [2.75, 3.05) is 17.3 Å². The molecule has 4 rings (SSSR count). The fourth-order valence-electron chi connectivity index (χ4n) is 3.57. The Morgan fingerprint density at radius 3 is 2.18 bits per heavy atom. The number of aryl methyl sites for hydroxylation is 1. The summed E-state index contributed by atoms with van der Waals surface area (Å²) in [7, 11) is 1.52. The van der Waals surface area contributed by atoms with E-state index in [1.54, 1.807) is 24.3 Å². The van der Waals surface area contributed by atoms with Crippen molar-refractivity contribution < 1.29 is 14.3 Å². The van der Waals surface area contributed by atoms with Crippen LogP contribution in [0.15, 0.2) is 88.3 Å². The number of carbonyl (C=O) groups excluding carboxylic acids is 2. The summed E-state index contributed by atoms with van der Waals surface area (Å²) < 4.78 is 5.42. The number of hydrogen-bond donors (Lipinski definition) is 1. The molecule has 168 valence electrons. The Morgan fingerprint density at radius 1 is 0.879 bits per heavy atom. The molecule has 6 heteroatoms. The zero-order chi connectivity index (χ0) is 23.5. The van der Waals surface area contributed by atoms with Gasteiger partial charge in [-0.1, -0.05) is 67.6 Å². The van der Waals surface area contributed by atoms with Gasteiger partial charge in [0.25, 0.3) is 11.8 Å². The summed E-state index contributed by atoms with van der Waals surface area (Å²) in [5, 5.41) is 3.21. The third kappa shape index (κ3) is 4.66. The van der Waals surface area contributed by atoms with Gasteiger partial charge >= 0.3 is 0 Å². The highest BCUT2D eigenvalue weighted by atomic mass is 32.2. The summed E-state index contributed by atoms with van der Waals surface area (Å²) in [5.74, 6) is 0.0755. The number of nitrogens with one attached hydrogen (secondary N) is 1. The number of amides is 2. The Balaban J connectivity index is 1.74. The van der Waals surface area contributed by atoms with Gasteiger partial charge in [0.2, 0.25) is 0 Å². The van der Waals surface area contributed by atoms with E-state index in [0.717, 1.165) is 16.1 Å². The standard InChI is InChI=1S/C27H26N2O3S/c1-17(2)19-11-13-20(14-12-19)28-24-25(33-21-15-9-18(3)10-16-21)27(31)29(26(24)30)22-7-5-6-8-23(22)32-4/h5-17,28H,1-4H3. The number of anilines is 2. The fraction of sp³-hybridized carbons (Fsp3) is 0.185. The summed E-state index contributed by atoms with van der Waals surface area (Å²) >= 11 is 1.28. The number of carbonyl (C=O) groups is 2. The van der Waals surface area contributed by atoms with Gasteiger partial charge in [-0.3, -0.25) is 9.59 Å². The van der Waals surface area contributed by atoms with E-state index in [-0.39, 0.29) is 11.6 Å². The van der Waals surface area contributed by atoms with E-state index in [9.17, 15) is 9.59 Å². The first-order valence-corrected chi connectivity index (χ1v) is 11.6. The van der Waals surface area contributed by atoms with Crippen LogP contribution in [-0.2, 0) is 9.59 Å². The van der Waals surface area contributed by atoms with Crippen LogP contribution in [-0.4, -0.2) is 18.9 Å². The van der Waals surface area contributed by atoms with Crippen LogP contribution in [0.5, 0.6) is 5.75 Å². The predicted molar refractivity (Wildman–Crippen MR) is 134 cm³/mol. The number of ether oxygens (including phenoxy) is 1. The molecule has 0 fully saturated rings. The topological polar surface area (TPSA) is 58.6 Å². The molecule has 1 aliphatic rings. The average molecular weight is 459 g/mol. The van der Waals surface area contributed by atoms with Crippen molar-refractivity contribution in [3.63, 3.8) is 0 Å². The molecule has 1 N–H and O–H groups in total. The van der Waals surface area contributed by atoms with Gasteiger partial charge < -0.3 is 10.1 Å². The number of nitrogens with zero attached hydrogens (tertiary/aromatic N) is 1. The Kier molecular flexibility index (Phi) is 6.56. The summed E-state index contributed by atoms with van der Waals surface area (Å²) in [6.45, 7) is 6.27. The van der Waals surface area contributed by atoms with Crippen molar-refractivity contribution in [1.82, 2.24) is 0 Å². The quantitative estimate of drug-likeness (QED) is 0.433. The van der Waals surface area contributed by atoms with Gasteiger partial charge in [0, 0.05) is 10.6 Å². The molecule has 0 spiro atoms. The van der Waals surface area contributed by atoms with Gasteiger partial charge in [-0.05, 0) is 54.8 Å². The van der Waals surface area contributed by atoms with Gasteiger partial charge in [0.05, 0.1) is 12.8 Å². The highest BCUT2D eigenvalue weighted by molar-refractivity contribution is 8.04. The lowest BCUT2D eigenvalue weighted by Crippen LogP contribution is -2.32. The minimum atomic E-state index is -0.410. The zero-order valence-corrected chi connectivity index (χ0v) is 19.9. The lowest BCUT2D eigenvalue weighted by atomic mass is 10.0. The molecule has 1 heterocycles. The second-order valence-electron chi connectivity index (χ2n) is 8.14. The van der Waals surface area contributed by atoms with Crippen LogP contribution in [0.1, 0.15) is 30.9 Å². The zero-order valence-electron chi connectivity index (χ0n) is 19.1. The van der Waals surface area contributed by atoms with E-state index < -0.39 is 5.91 Å². The van der Waals surface area contributed by atoms with E-state index in [1.807, 2.05) is 55.5 Å². The molecule has 0 aromatic heterocycles. The second-order valence-corrected chi connectivity index (χ2v) is 9.22. The average Bonchev–Trinajstić information content (AvgIpc) is 3.04. The molecule has 0 bridgehead atoms. The number of methoxy groups -OCH3 is 1. The molecular formula is C27H26N2O3S. The third-order valence-corrected chi connectivity index (χ3v) is 6.55. The highest BCUT2D eigenvalue weighted by Gasteiger charge is 2.41. The highest BCUT2D eigenvalue weighted by Crippen LogP contribution is 2.40. The lowest BCUT2D eigenvalue weighted by molar-refractivity contribution is -0.120. The van der Waals surface area contributed by atoms with Gasteiger partial charge in [0.1, 0.15) is 16.4 Å². The van der Waals surface area contributed by atoms with Crippen LogP contribution in [0.25, 0.3) is 0 Å². The van der Waals surface area contributed by atoms with Crippen LogP contribution >= 0.6 is 11.8 Å². The van der Waals surface area contributed by atoms with E-state index in [2.05, 4.69) is 19.2 Å². The smallest absolute Gasteiger partial charge is 0.283 e. The van der Waals surface area contributed by atoms with Gasteiger partial charge in [-0.2, -0.15) is 0 Å². The van der Waals surface area contributed by atoms with E-state index in [1.165, 1.54) is 29.3 Å². The largest absolute Gasteiger partial charge is 0.495 e. The van der Waals surface area contributed by atoms with Gasteiger partial charge in [-0.15, -0.1) is 0 Å². The first-order valence-electron chi connectivity index (χ1n) is 10.8. The fourth-order valence-corrected chi connectivity index (χ4v) is 4.49. The van der Waals surface area contributed by atoms with Crippen molar-refractivity contribution in [1.29, 1.82) is 0 Å². The first kappa shape index (κ1) is 22.7. The van der Waals surface area contributed by atoms with Gasteiger partial charge in [-0.25, -0.2) is 4.90 Å². The maximum Gasteiger partial charge on any atom is 0.283 e. The molecule has 0 atom stereocenters. The van der Waals surface area contributed by atoms with Crippen molar-refractivity contribution in [2.45, 2.75) is 31.6 Å². The summed E-state index contributed by atoms with van der Waals surface area (Å²) in [5.41, 5.74) is 3.76. The Morgan fingerprint density at radius 2 is 1.55 bits per heavy atom. The number of benzene rings is 3. The molecule has 3 aromatic rings. The molecular weight excluding hydrogens is 432 g/mol. The number of imide groups is 1. The maximum absolute atomic E-state index is 13.5. The van der Waals surface area contributed by atoms with Crippen molar-refractivity contribution in [2.24, 2.45) is 0 Å². The van der Waals surface area contributed by atoms with Crippen molar-refractivity contribution in [3.8, 4) is 5.75 Å². The molecule has 3 aromatic carbocycles. The molecule has 1 aliphatic heterocycles. The van der Waals surface area contributed by atoms with E-state index in [0.29, 0.717) is 22.3 Å². The molecule has 5 nitrogen and oxygen atoms in total. The third-order valence-electron chi connectivity index (χ3n) is 5.46. The van der Waals surface area contributed by atoms with E-state index in [4.69, 9.17) is 4.74 Å². The lowest BCUT2D eigenvalue weighted by Gasteiger charge is -2.18. The summed E-state index contributed by atoms with van der Waals surface area (Å²) in [6.07, 6.45) is 0. The molecule has 0 radical (unpaired) electrons. The minimum Gasteiger partial charge on any atom is -0.495 e. The van der Waals surface area contributed by atoms with Gasteiger partial charge in [0.15, 0.2) is 0 Å². The maximum atomic E-state index is 13.5. The summed E-state index contributed by atoms with van der Waals surface area (Å²) in [4.78, 5) is 29.5. The van der Waals surface area contributed by atoms with Crippen LogP contribution in [0.4, 0.5) is 11.4 Å². The molecule has 0 saturated heterocycles.